The van der Waals surface area contributed by atoms with Gasteiger partial charge in [-0.15, -0.1) is 0 Å². The minimum Gasteiger partial charge on any atom is -0.459 e. The fourth-order valence-electron chi connectivity index (χ4n) is 0.871. The third-order valence-corrected chi connectivity index (χ3v) is 1.83. The van der Waals surface area contributed by atoms with Gasteiger partial charge in [-0.25, -0.2) is 9.59 Å². The Morgan fingerprint density at radius 1 is 1.41 bits per heavy atom. The average Bonchev–Trinajstić information content (AvgIpc) is 3.09. The molecule has 1 heterocycles. The van der Waals surface area contributed by atoms with Crippen LogP contribution in [0.15, 0.2) is 24.8 Å². The van der Waals surface area contributed by atoms with Gasteiger partial charge in [0, 0.05) is 11.6 Å². The first-order chi connectivity index (χ1) is 8.02. The molecule has 0 amide bonds. The van der Waals surface area contributed by atoms with Gasteiger partial charge in [-0.2, -0.15) is 0 Å². The zero-order valence-corrected chi connectivity index (χ0v) is 9.14. The number of hydrogen-bond donors (Lipinski definition) is 0. The molecule has 6 nitrogen and oxygen atoms in total. The topological polar surface area (TPSA) is 82.2 Å². The largest absolute Gasteiger partial charge is 0.459 e. The van der Waals surface area contributed by atoms with Gasteiger partial charge in [-0.05, 0) is 0 Å². The van der Waals surface area contributed by atoms with E-state index in [1.165, 1.54) is 0 Å². The van der Waals surface area contributed by atoms with Crippen molar-refractivity contribution in [2.45, 2.75) is 12.5 Å². The number of esters is 3. The van der Waals surface area contributed by atoms with Gasteiger partial charge in [0.1, 0.15) is 12.7 Å². The molecule has 1 rings (SSSR count). The number of hydrogen-bond acceptors (Lipinski definition) is 6. The monoisotopic (exact) mass is 240 g/mol. The van der Waals surface area contributed by atoms with Gasteiger partial charge in [0.25, 0.3) is 0 Å². The normalized spacial score (nSPS) is 16.8. The summed E-state index contributed by atoms with van der Waals surface area (Å²) >= 11 is 0. The lowest BCUT2D eigenvalue weighted by molar-refractivity contribution is -0.156. The summed E-state index contributed by atoms with van der Waals surface area (Å²) in [5.41, 5.74) is -0.0764. The zero-order chi connectivity index (χ0) is 12.8. The summed E-state index contributed by atoms with van der Waals surface area (Å²) in [4.78, 5) is 33.0. The number of epoxide rings is 1. The first kappa shape index (κ1) is 13.1. The van der Waals surface area contributed by atoms with E-state index in [9.17, 15) is 14.4 Å². The highest BCUT2D eigenvalue weighted by Crippen LogP contribution is 2.10. The van der Waals surface area contributed by atoms with Crippen LogP contribution in [0.3, 0.4) is 0 Å². The van der Waals surface area contributed by atoms with Gasteiger partial charge in [0.2, 0.25) is 0 Å². The van der Waals surface area contributed by atoms with Crippen molar-refractivity contribution in [3.8, 4) is 0 Å². The van der Waals surface area contributed by atoms with Crippen molar-refractivity contribution in [2.24, 2.45) is 0 Å². The van der Waals surface area contributed by atoms with Crippen molar-refractivity contribution in [1.29, 1.82) is 0 Å². The Bertz CT molecular complexity index is 366. The molecule has 1 fully saturated rings. The second kappa shape index (κ2) is 5.95. The quantitative estimate of drug-likeness (QED) is 0.284. The highest BCUT2D eigenvalue weighted by molar-refractivity contribution is 5.97. The summed E-state index contributed by atoms with van der Waals surface area (Å²) in [5, 5.41) is 0. The van der Waals surface area contributed by atoms with E-state index in [-0.39, 0.29) is 18.3 Å². The van der Waals surface area contributed by atoms with Crippen molar-refractivity contribution < 1.29 is 28.6 Å². The standard InChI is InChI=1S/C11H12O6/c1-3-9(12)17-10(13)4-7(2)11(14)16-6-8-5-15-8/h3,8H,1-2,4-6H2. The fourth-order valence-corrected chi connectivity index (χ4v) is 0.871. The Balaban J connectivity index is 2.26. The first-order valence-corrected chi connectivity index (χ1v) is 4.86. The predicted octanol–water partition coefficient (Wildman–Crippen LogP) is 0.130. The summed E-state index contributed by atoms with van der Waals surface area (Å²) in [5.74, 6) is -2.45. The van der Waals surface area contributed by atoms with Crippen molar-refractivity contribution in [2.75, 3.05) is 13.2 Å². The number of ether oxygens (including phenoxy) is 3. The molecule has 0 aromatic heterocycles. The molecule has 0 radical (unpaired) electrons. The summed E-state index contributed by atoms with van der Waals surface area (Å²) in [6.45, 7) is 7.20. The molecular formula is C11H12O6. The van der Waals surface area contributed by atoms with E-state index in [4.69, 9.17) is 9.47 Å². The van der Waals surface area contributed by atoms with Crippen LogP contribution in [-0.2, 0) is 28.6 Å². The van der Waals surface area contributed by atoms with Crippen LogP contribution >= 0.6 is 0 Å². The molecule has 6 heteroatoms. The van der Waals surface area contributed by atoms with Gasteiger partial charge in [-0.1, -0.05) is 13.2 Å². The molecule has 0 aliphatic carbocycles. The molecular weight excluding hydrogens is 228 g/mol. The van der Waals surface area contributed by atoms with Crippen LogP contribution in [0, 0.1) is 0 Å². The Morgan fingerprint density at radius 3 is 2.59 bits per heavy atom. The van der Waals surface area contributed by atoms with Gasteiger partial charge in [-0.3, -0.25) is 4.79 Å². The highest BCUT2D eigenvalue weighted by Gasteiger charge is 2.25. The minimum absolute atomic E-state index is 0.0546. The Kier molecular flexibility index (Phi) is 4.59. The predicted molar refractivity (Wildman–Crippen MR) is 55.8 cm³/mol. The summed E-state index contributed by atoms with van der Waals surface area (Å²) in [6, 6.07) is 0. The first-order valence-electron chi connectivity index (χ1n) is 4.86. The third-order valence-electron chi connectivity index (χ3n) is 1.83. The molecule has 17 heavy (non-hydrogen) atoms. The lowest BCUT2D eigenvalue weighted by atomic mass is 10.2. The lowest BCUT2D eigenvalue weighted by Gasteiger charge is -2.04. The Hall–Kier alpha value is -1.95. The highest BCUT2D eigenvalue weighted by atomic mass is 16.6. The summed E-state index contributed by atoms with van der Waals surface area (Å²) < 4.78 is 13.9. The number of rotatable bonds is 6. The van der Waals surface area contributed by atoms with E-state index in [0.29, 0.717) is 6.61 Å². The molecule has 92 valence electrons. The Morgan fingerprint density at radius 2 is 2.06 bits per heavy atom. The number of carbonyl (C=O) groups is 3. The molecule has 0 aromatic carbocycles. The fraction of sp³-hybridized carbons (Fsp3) is 0.364. The molecule has 1 aliphatic rings. The van der Waals surface area contributed by atoms with Crippen molar-refractivity contribution in [3.05, 3.63) is 24.8 Å². The van der Waals surface area contributed by atoms with Crippen molar-refractivity contribution in [1.82, 2.24) is 0 Å². The molecule has 0 aromatic rings. The zero-order valence-electron chi connectivity index (χ0n) is 9.14. The van der Waals surface area contributed by atoms with E-state index in [1.807, 2.05) is 0 Å². The van der Waals surface area contributed by atoms with E-state index in [2.05, 4.69) is 17.9 Å². The maximum atomic E-state index is 11.3. The second-order valence-corrected chi connectivity index (χ2v) is 3.33. The molecule has 1 unspecified atom stereocenters. The Labute approximate surface area is 97.8 Å². The van der Waals surface area contributed by atoms with E-state index < -0.39 is 24.3 Å². The minimum atomic E-state index is -0.875. The molecule has 1 aliphatic heterocycles. The van der Waals surface area contributed by atoms with Gasteiger partial charge >= 0.3 is 17.9 Å². The van der Waals surface area contributed by atoms with Crippen LogP contribution in [0.1, 0.15) is 6.42 Å². The van der Waals surface area contributed by atoms with Crippen LogP contribution in [-0.4, -0.2) is 37.2 Å². The van der Waals surface area contributed by atoms with Crippen LogP contribution in [0.2, 0.25) is 0 Å². The van der Waals surface area contributed by atoms with Crippen molar-refractivity contribution in [3.63, 3.8) is 0 Å². The van der Waals surface area contributed by atoms with Gasteiger partial charge in [0.15, 0.2) is 0 Å². The molecule has 1 atom stereocenters. The molecule has 0 bridgehead atoms. The summed E-state index contributed by atoms with van der Waals surface area (Å²) in [6.07, 6.45) is 0.397. The molecule has 0 N–H and O–H groups in total. The van der Waals surface area contributed by atoms with E-state index >= 15 is 0 Å². The lowest BCUT2D eigenvalue weighted by Crippen LogP contribution is -2.16. The van der Waals surface area contributed by atoms with Crippen molar-refractivity contribution >= 4 is 17.9 Å². The van der Waals surface area contributed by atoms with Gasteiger partial charge < -0.3 is 14.2 Å². The smallest absolute Gasteiger partial charge is 0.337 e. The van der Waals surface area contributed by atoms with Crippen LogP contribution in [0.5, 0.6) is 0 Å². The van der Waals surface area contributed by atoms with Crippen LogP contribution < -0.4 is 0 Å². The van der Waals surface area contributed by atoms with Crippen LogP contribution in [0.4, 0.5) is 0 Å². The maximum Gasteiger partial charge on any atom is 0.337 e. The maximum absolute atomic E-state index is 11.3. The van der Waals surface area contributed by atoms with Gasteiger partial charge in [0.05, 0.1) is 13.0 Å². The molecule has 0 spiro atoms. The van der Waals surface area contributed by atoms with E-state index in [0.717, 1.165) is 6.08 Å². The average molecular weight is 240 g/mol. The molecule has 0 saturated carbocycles. The van der Waals surface area contributed by atoms with E-state index in [1.54, 1.807) is 0 Å². The summed E-state index contributed by atoms with van der Waals surface area (Å²) in [7, 11) is 0. The number of carbonyl (C=O) groups excluding carboxylic acids is 3. The second-order valence-electron chi connectivity index (χ2n) is 3.33. The molecule has 1 saturated heterocycles. The van der Waals surface area contributed by atoms with Crippen LogP contribution in [0.25, 0.3) is 0 Å². The third kappa shape index (κ3) is 5.07. The SMILES string of the molecule is C=CC(=O)OC(=O)CC(=C)C(=O)OCC1CO1.